The summed E-state index contributed by atoms with van der Waals surface area (Å²) < 4.78 is 12.4. The molecule has 2 aromatic carbocycles. The number of guanidine groups is 1. The van der Waals surface area contributed by atoms with Crippen molar-refractivity contribution in [3.8, 4) is 17.2 Å². The van der Waals surface area contributed by atoms with Crippen LogP contribution in [0, 0.1) is 0 Å². The van der Waals surface area contributed by atoms with E-state index in [0.717, 1.165) is 41.2 Å². The number of aromatic nitrogens is 2. The molecule has 7 heteroatoms. The van der Waals surface area contributed by atoms with E-state index in [1.54, 1.807) is 14.2 Å². The number of hydrogen-bond donors (Lipinski definition) is 2. The fourth-order valence-electron chi connectivity index (χ4n) is 2.94. The van der Waals surface area contributed by atoms with Gasteiger partial charge in [-0.1, -0.05) is 24.3 Å². The molecule has 0 radical (unpaired) electrons. The van der Waals surface area contributed by atoms with Crippen LogP contribution in [0.25, 0.3) is 5.69 Å². The van der Waals surface area contributed by atoms with Gasteiger partial charge in [0.15, 0.2) is 17.5 Å². The van der Waals surface area contributed by atoms with Crippen LogP contribution in [0.4, 0.5) is 0 Å². The molecule has 1 heterocycles. The Morgan fingerprint density at radius 2 is 1.83 bits per heavy atom. The number of ether oxygens (including phenoxy) is 2. The minimum atomic E-state index is 0.445. The van der Waals surface area contributed by atoms with Gasteiger partial charge < -0.3 is 20.5 Å². The Labute approximate surface area is 171 Å². The molecule has 1 aromatic heterocycles. The minimum Gasteiger partial charge on any atom is -0.493 e. The van der Waals surface area contributed by atoms with E-state index < -0.39 is 0 Å². The van der Waals surface area contributed by atoms with Crippen LogP contribution in [0.1, 0.15) is 11.1 Å². The molecule has 0 aliphatic carbocycles. The van der Waals surface area contributed by atoms with Crippen LogP contribution in [-0.4, -0.2) is 43.0 Å². The number of aliphatic imine (C=N–C) groups is 1. The van der Waals surface area contributed by atoms with Gasteiger partial charge >= 0.3 is 0 Å². The normalized spacial score (nSPS) is 11.3. The number of nitrogens with two attached hydrogens (primary N) is 1. The van der Waals surface area contributed by atoms with Crippen LogP contribution in [0.2, 0.25) is 0 Å². The summed E-state index contributed by atoms with van der Waals surface area (Å²) >= 11 is 0. The molecule has 0 fully saturated rings. The Hall–Kier alpha value is -3.48. The summed E-state index contributed by atoms with van der Waals surface area (Å²) in [6.07, 6.45) is 5.49. The number of para-hydroxylation sites is 1. The zero-order valence-electron chi connectivity index (χ0n) is 16.8. The highest BCUT2D eigenvalue weighted by atomic mass is 16.5. The van der Waals surface area contributed by atoms with E-state index in [-0.39, 0.29) is 0 Å². The van der Waals surface area contributed by atoms with Gasteiger partial charge in [-0.15, -0.1) is 0 Å². The molecular weight excluding hydrogens is 366 g/mol. The molecule has 0 saturated carbocycles. The number of nitrogens with zero attached hydrogens (tertiary/aromatic N) is 3. The highest BCUT2D eigenvalue weighted by Gasteiger charge is 2.04. The maximum absolute atomic E-state index is 5.97. The second-order valence-corrected chi connectivity index (χ2v) is 6.51. The summed E-state index contributed by atoms with van der Waals surface area (Å²) in [5.41, 5.74) is 9.27. The highest BCUT2D eigenvalue weighted by Crippen LogP contribution is 2.27. The van der Waals surface area contributed by atoms with Crippen molar-refractivity contribution in [1.82, 2.24) is 15.1 Å². The lowest BCUT2D eigenvalue weighted by Gasteiger charge is -2.09. The molecule has 0 unspecified atom stereocenters. The third-order valence-electron chi connectivity index (χ3n) is 4.51. The van der Waals surface area contributed by atoms with Crippen molar-refractivity contribution in [2.75, 3.05) is 27.3 Å². The van der Waals surface area contributed by atoms with E-state index >= 15 is 0 Å². The van der Waals surface area contributed by atoms with Gasteiger partial charge in [0.05, 0.1) is 26.1 Å². The van der Waals surface area contributed by atoms with Crippen molar-refractivity contribution in [3.63, 3.8) is 0 Å². The molecule has 3 N–H and O–H groups in total. The molecule has 0 amide bonds. The molecule has 152 valence electrons. The van der Waals surface area contributed by atoms with Gasteiger partial charge in [-0.3, -0.25) is 4.99 Å². The number of nitrogens with one attached hydrogen (secondary N) is 1. The second kappa shape index (κ2) is 10.2. The molecule has 0 atom stereocenters. The van der Waals surface area contributed by atoms with Crippen LogP contribution in [0.15, 0.2) is 65.9 Å². The van der Waals surface area contributed by atoms with Gasteiger partial charge in [0, 0.05) is 19.3 Å². The van der Waals surface area contributed by atoms with Crippen LogP contribution in [-0.2, 0) is 12.8 Å². The topological polar surface area (TPSA) is 86.7 Å². The number of benzene rings is 2. The van der Waals surface area contributed by atoms with Crippen LogP contribution in [0.3, 0.4) is 0 Å². The van der Waals surface area contributed by atoms with Crippen LogP contribution in [0.5, 0.6) is 11.5 Å². The quantitative estimate of drug-likeness (QED) is 0.431. The maximum atomic E-state index is 5.97. The van der Waals surface area contributed by atoms with Gasteiger partial charge in [-0.05, 0) is 48.2 Å². The standard InChI is InChI=1S/C22H27N5O2/c1-28-20-9-8-17(14-21(20)29-2)10-12-24-22(23)25-13-11-18-15-26-27(16-18)19-6-4-3-5-7-19/h3-9,14-16H,10-13H2,1-2H3,(H3,23,24,25). The fraction of sp³-hybridized carbons (Fsp3) is 0.273. The highest BCUT2D eigenvalue weighted by molar-refractivity contribution is 5.77. The molecule has 0 bridgehead atoms. The molecule has 3 rings (SSSR count). The Morgan fingerprint density at radius 3 is 2.59 bits per heavy atom. The van der Waals surface area contributed by atoms with Gasteiger partial charge in [-0.25, -0.2) is 4.68 Å². The lowest BCUT2D eigenvalue weighted by Crippen LogP contribution is -2.33. The van der Waals surface area contributed by atoms with Gasteiger partial charge in [-0.2, -0.15) is 5.10 Å². The van der Waals surface area contributed by atoms with Gasteiger partial charge in [0.25, 0.3) is 0 Å². The molecule has 0 saturated heterocycles. The zero-order valence-corrected chi connectivity index (χ0v) is 16.8. The van der Waals surface area contributed by atoms with E-state index in [9.17, 15) is 0 Å². The summed E-state index contributed by atoms with van der Waals surface area (Å²) in [4.78, 5) is 4.39. The Morgan fingerprint density at radius 1 is 1.03 bits per heavy atom. The predicted molar refractivity (Wildman–Crippen MR) is 115 cm³/mol. The molecule has 29 heavy (non-hydrogen) atoms. The predicted octanol–water partition coefficient (Wildman–Crippen LogP) is 2.58. The zero-order chi connectivity index (χ0) is 20.5. The maximum Gasteiger partial charge on any atom is 0.188 e. The number of rotatable bonds is 9. The molecule has 0 spiro atoms. The first-order chi connectivity index (χ1) is 14.2. The Kier molecular flexibility index (Phi) is 7.10. The number of methoxy groups -OCH3 is 2. The Bertz CT molecular complexity index is 937. The first kappa shape index (κ1) is 20.3. The lowest BCUT2D eigenvalue weighted by atomic mass is 10.1. The summed E-state index contributed by atoms with van der Waals surface area (Å²) in [6, 6.07) is 15.9. The smallest absolute Gasteiger partial charge is 0.188 e. The summed E-state index contributed by atoms with van der Waals surface area (Å²) in [5, 5.41) is 7.56. The van der Waals surface area contributed by atoms with Crippen LogP contribution < -0.4 is 20.5 Å². The third kappa shape index (κ3) is 5.75. The van der Waals surface area contributed by atoms with Crippen molar-refractivity contribution in [2.45, 2.75) is 12.8 Å². The molecular formula is C22H27N5O2. The van der Waals surface area contributed by atoms with E-state index in [1.807, 2.05) is 65.6 Å². The van der Waals surface area contributed by atoms with Crippen molar-refractivity contribution in [2.24, 2.45) is 10.7 Å². The van der Waals surface area contributed by atoms with E-state index in [1.165, 1.54) is 0 Å². The van der Waals surface area contributed by atoms with Crippen molar-refractivity contribution < 1.29 is 9.47 Å². The molecule has 3 aromatic rings. The number of hydrogen-bond acceptors (Lipinski definition) is 4. The SMILES string of the molecule is COc1ccc(CCN=C(N)NCCc2cnn(-c3ccccc3)c2)cc1OC. The van der Waals surface area contributed by atoms with Gasteiger partial charge in [0.1, 0.15) is 0 Å². The fourth-order valence-corrected chi connectivity index (χ4v) is 2.94. The monoisotopic (exact) mass is 393 g/mol. The first-order valence-electron chi connectivity index (χ1n) is 9.53. The van der Waals surface area contributed by atoms with Crippen molar-refractivity contribution in [1.29, 1.82) is 0 Å². The average molecular weight is 393 g/mol. The van der Waals surface area contributed by atoms with E-state index in [0.29, 0.717) is 19.0 Å². The third-order valence-corrected chi connectivity index (χ3v) is 4.51. The summed E-state index contributed by atoms with van der Waals surface area (Å²) in [6.45, 7) is 1.30. The lowest BCUT2D eigenvalue weighted by molar-refractivity contribution is 0.354. The van der Waals surface area contributed by atoms with Crippen molar-refractivity contribution >= 4 is 5.96 Å². The summed E-state index contributed by atoms with van der Waals surface area (Å²) in [5.74, 6) is 1.88. The van der Waals surface area contributed by atoms with Gasteiger partial charge in [0.2, 0.25) is 0 Å². The second-order valence-electron chi connectivity index (χ2n) is 6.51. The Balaban J connectivity index is 1.43. The molecule has 7 nitrogen and oxygen atoms in total. The summed E-state index contributed by atoms with van der Waals surface area (Å²) in [7, 11) is 3.26. The minimum absolute atomic E-state index is 0.445. The molecule has 0 aliphatic heterocycles. The largest absolute Gasteiger partial charge is 0.493 e. The molecule has 0 aliphatic rings. The average Bonchev–Trinajstić information content (AvgIpc) is 3.23. The van der Waals surface area contributed by atoms with E-state index in [4.69, 9.17) is 15.2 Å². The van der Waals surface area contributed by atoms with Crippen molar-refractivity contribution in [3.05, 3.63) is 72.1 Å². The van der Waals surface area contributed by atoms with Crippen LogP contribution >= 0.6 is 0 Å². The first-order valence-corrected chi connectivity index (χ1v) is 9.53. The van der Waals surface area contributed by atoms with E-state index in [2.05, 4.69) is 15.4 Å².